The summed E-state index contributed by atoms with van der Waals surface area (Å²) in [6.45, 7) is 11.9. The lowest BCUT2D eigenvalue weighted by atomic mass is 9.81. The molecule has 1 saturated heterocycles. The smallest absolute Gasteiger partial charge is 0.261 e. The van der Waals surface area contributed by atoms with E-state index in [-0.39, 0.29) is 35.2 Å². The lowest BCUT2D eigenvalue weighted by Gasteiger charge is -2.48. The first-order valence-electron chi connectivity index (χ1n) is 19.0. The van der Waals surface area contributed by atoms with Gasteiger partial charge in [-0.25, -0.2) is 0 Å². The highest BCUT2D eigenvalue weighted by atomic mass is 32.2. The number of ether oxygens (including phenoxy) is 1. The van der Waals surface area contributed by atoms with Crippen LogP contribution in [0.3, 0.4) is 0 Å². The van der Waals surface area contributed by atoms with Gasteiger partial charge in [-0.15, -0.1) is 0 Å². The van der Waals surface area contributed by atoms with Crippen LogP contribution in [-0.2, 0) is 6.54 Å². The van der Waals surface area contributed by atoms with Gasteiger partial charge < -0.3 is 19.1 Å². The van der Waals surface area contributed by atoms with E-state index in [1.807, 2.05) is 10.7 Å². The van der Waals surface area contributed by atoms with Gasteiger partial charge in [0.15, 0.2) is 0 Å². The third-order valence-electron chi connectivity index (χ3n) is 11.0. The molecule has 2 unspecified atom stereocenters. The first-order chi connectivity index (χ1) is 25.0. The Morgan fingerprint density at radius 1 is 1.04 bits per heavy atom. The molecule has 1 N–H and O–H groups in total. The van der Waals surface area contributed by atoms with Crippen molar-refractivity contribution in [3.8, 4) is 17.0 Å². The van der Waals surface area contributed by atoms with Crippen LogP contribution in [0.4, 0.5) is 0 Å². The zero-order chi connectivity index (χ0) is 36.8. The number of fused-ring (bicyclic) bond motifs is 5. The molecule has 2 aliphatic heterocycles. The maximum absolute atomic E-state index is 14.6. The molecular formula is C42H54N6O3S. The lowest BCUT2D eigenvalue weighted by molar-refractivity contribution is 0.0132. The highest BCUT2D eigenvalue weighted by Crippen LogP contribution is 2.48. The molecular weight excluding hydrogens is 669 g/mol. The van der Waals surface area contributed by atoms with Crippen LogP contribution in [0, 0.1) is 0 Å². The van der Waals surface area contributed by atoms with Crippen molar-refractivity contribution in [1.29, 1.82) is 0 Å². The summed E-state index contributed by atoms with van der Waals surface area (Å²) < 4.78 is 13.3. The molecule has 1 saturated carbocycles. The summed E-state index contributed by atoms with van der Waals surface area (Å²) in [5.41, 5.74) is 8.94. The quantitative estimate of drug-likeness (QED) is 0.165. The lowest BCUT2D eigenvalue weighted by Crippen LogP contribution is -2.60. The molecule has 4 heterocycles. The average molecular weight is 723 g/mol. The first-order valence-corrected chi connectivity index (χ1v) is 19.9. The number of carbonyl (C=O) groups excluding carboxylic acids is 2. The monoisotopic (exact) mass is 722 g/mol. The molecule has 2 atom stereocenters. The van der Waals surface area contributed by atoms with E-state index in [4.69, 9.17) is 9.84 Å². The highest BCUT2D eigenvalue weighted by molar-refractivity contribution is 7.98. The molecule has 2 aromatic carbocycles. The maximum atomic E-state index is 14.6. The van der Waals surface area contributed by atoms with Crippen LogP contribution in [0.5, 0.6) is 5.75 Å². The van der Waals surface area contributed by atoms with Gasteiger partial charge in [-0.05, 0) is 125 Å². The normalized spacial score (nSPS) is 19.1. The van der Waals surface area contributed by atoms with Crippen molar-refractivity contribution in [1.82, 2.24) is 28.9 Å². The van der Waals surface area contributed by atoms with E-state index in [9.17, 15) is 9.59 Å². The zero-order valence-electron chi connectivity index (χ0n) is 32.0. The number of hydrogen-bond acceptors (Lipinski definition) is 6. The minimum atomic E-state index is -0.0911. The van der Waals surface area contributed by atoms with Crippen LogP contribution in [0.2, 0.25) is 0 Å². The van der Waals surface area contributed by atoms with Crippen LogP contribution in [0.25, 0.3) is 33.8 Å². The Labute approximate surface area is 312 Å². The molecule has 276 valence electrons. The number of nitrogens with zero attached hydrogens (tertiary/aromatic N) is 5. The van der Waals surface area contributed by atoms with Gasteiger partial charge in [-0.3, -0.25) is 19.0 Å². The van der Waals surface area contributed by atoms with Gasteiger partial charge in [0.05, 0.1) is 36.8 Å². The van der Waals surface area contributed by atoms with Crippen molar-refractivity contribution >= 4 is 46.3 Å². The van der Waals surface area contributed by atoms with Crippen LogP contribution in [0.1, 0.15) is 123 Å². The number of carbonyl (C=O) groups is 2. The van der Waals surface area contributed by atoms with E-state index in [0.717, 1.165) is 59.5 Å². The molecule has 2 amide bonds. The van der Waals surface area contributed by atoms with E-state index in [0.29, 0.717) is 23.6 Å². The molecule has 2 fully saturated rings. The minimum absolute atomic E-state index is 0.0318. The summed E-state index contributed by atoms with van der Waals surface area (Å²) in [6, 6.07) is 13.0. The van der Waals surface area contributed by atoms with Crippen LogP contribution < -0.4 is 9.46 Å². The number of aromatic nitrogens is 3. The summed E-state index contributed by atoms with van der Waals surface area (Å²) in [5, 5.41) is 6.36. The van der Waals surface area contributed by atoms with E-state index >= 15 is 0 Å². The first kappa shape index (κ1) is 36.3. The van der Waals surface area contributed by atoms with Crippen molar-refractivity contribution in [2.75, 3.05) is 27.7 Å². The molecule has 1 aliphatic carbocycles. The largest absolute Gasteiger partial charge is 0.497 e. The Morgan fingerprint density at radius 3 is 2.48 bits per heavy atom. The van der Waals surface area contributed by atoms with E-state index in [1.165, 1.54) is 47.9 Å². The summed E-state index contributed by atoms with van der Waals surface area (Å²) in [6.07, 6.45) is 11.0. The number of likely N-dealkylation sites (tertiary alicyclic amines) is 1. The molecule has 0 spiro atoms. The molecule has 0 bridgehead atoms. The number of nitrogens with one attached hydrogen (secondary N) is 1. The molecule has 7 rings (SSSR count). The molecule has 0 radical (unpaired) electrons. The van der Waals surface area contributed by atoms with Crippen molar-refractivity contribution in [2.24, 2.45) is 0 Å². The van der Waals surface area contributed by atoms with Gasteiger partial charge >= 0.3 is 0 Å². The summed E-state index contributed by atoms with van der Waals surface area (Å²) in [4.78, 5) is 32.3. The minimum Gasteiger partial charge on any atom is -0.497 e. The summed E-state index contributed by atoms with van der Waals surface area (Å²) in [5.74, 6) is 1.14. The number of methoxy groups -OCH3 is 1. The average Bonchev–Trinajstić information content (AvgIpc) is 3.65. The van der Waals surface area contributed by atoms with Gasteiger partial charge in [-0.1, -0.05) is 39.2 Å². The third-order valence-corrected chi connectivity index (χ3v) is 11.8. The van der Waals surface area contributed by atoms with Gasteiger partial charge in [0.1, 0.15) is 5.75 Å². The Morgan fingerprint density at radius 2 is 1.81 bits per heavy atom. The molecule has 3 aliphatic rings. The van der Waals surface area contributed by atoms with Gasteiger partial charge in [0, 0.05) is 52.0 Å². The van der Waals surface area contributed by atoms with Crippen molar-refractivity contribution in [2.45, 2.75) is 109 Å². The standard InChI is InChI=1S/C42H54N6O3S/c1-25(2)48-39(36(22-43-48)42(50)47-27(5)18-32(47)24-45(6)7)31-19-30-20-33(51-8)15-17-34(30)40-38(28-12-10-9-11-13-28)35-16-14-29(21-37(35)46(40)23-31)41(49)44-52-26(3)4/h14-17,19-22,25-28,32H,9-13,18,23-24H2,1-8H3,(H,44,49). The summed E-state index contributed by atoms with van der Waals surface area (Å²) >= 11 is 1.44. The zero-order valence-corrected chi connectivity index (χ0v) is 32.8. The molecule has 52 heavy (non-hydrogen) atoms. The summed E-state index contributed by atoms with van der Waals surface area (Å²) in [7, 11) is 5.84. The van der Waals surface area contributed by atoms with Crippen LogP contribution in [0.15, 0.2) is 42.6 Å². The van der Waals surface area contributed by atoms with Crippen molar-refractivity contribution < 1.29 is 14.3 Å². The second-order valence-electron chi connectivity index (χ2n) is 15.8. The molecule has 4 aromatic rings. The SMILES string of the molecule is COc1ccc2c(c1)C=C(c1c(C(=O)N3C(C)CC3CN(C)C)cnn1C(C)C)Cn1c-2c(C2CCCCC2)c2ccc(C(=O)NSC(C)C)cc21. The second kappa shape index (κ2) is 14.8. The van der Waals surface area contributed by atoms with Crippen LogP contribution in [-0.4, -0.2) is 81.0 Å². The Bertz CT molecular complexity index is 2020. The Balaban J connectivity index is 1.45. The second-order valence-corrected chi connectivity index (χ2v) is 17.2. The van der Waals surface area contributed by atoms with Crippen molar-refractivity contribution in [3.05, 3.63) is 70.5 Å². The number of allylic oxidation sites excluding steroid dienone is 1. The molecule has 10 heteroatoms. The number of likely N-dealkylation sites (N-methyl/N-ethyl adjacent to an activating group) is 1. The predicted molar refractivity (Wildman–Crippen MR) is 213 cm³/mol. The molecule has 2 aromatic heterocycles. The number of hydrogen-bond donors (Lipinski definition) is 1. The number of benzene rings is 2. The fourth-order valence-corrected chi connectivity index (χ4v) is 9.18. The van der Waals surface area contributed by atoms with Gasteiger partial charge in [0.2, 0.25) is 0 Å². The van der Waals surface area contributed by atoms with Gasteiger partial charge in [-0.2, -0.15) is 5.10 Å². The highest BCUT2D eigenvalue weighted by Gasteiger charge is 2.41. The van der Waals surface area contributed by atoms with Crippen molar-refractivity contribution in [3.63, 3.8) is 0 Å². The third kappa shape index (κ3) is 6.68. The van der Waals surface area contributed by atoms with E-state index in [1.54, 1.807) is 13.3 Å². The fraction of sp³-hybridized carbons (Fsp3) is 0.500. The fourth-order valence-electron chi connectivity index (χ4n) is 8.72. The van der Waals surface area contributed by atoms with E-state index < -0.39 is 0 Å². The van der Waals surface area contributed by atoms with E-state index in [2.05, 4.69) is 104 Å². The van der Waals surface area contributed by atoms with Crippen LogP contribution >= 0.6 is 11.9 Å². The Hall–Kier alpha value is -4.02. The topological polar surface area (TPSA) is 84.6 Å². The number of amides is 2. The number of rotatable bonds is 10. The van der Waals surface area contributed by atoms with Gasteiger partial charge in [0.25, 0.3) is 11.8 Å². The Kier molecular flexibility index (Phi) is 10.3. The maximum Gasteiger partial charge on any atom is 0.261 e. The predicted octanol–water partition coefficient (Wildman–Crippen LogP) is 8.65. The molecule has 9 nitrogen and oxygen atoms in total.